The molecule has 5 nitrogen and oxygen atoms in total. The Morgan fingerprint density at radius 3 is 1.90 bits per heavy atom. The first-order valence-electron chi connectivity index (χ1n) is 7.66. The molecule has 0 saturated heterocycles. The van der Waals surface area contributed by atoms with Crippen LogP contribution in [0.2, 0.25) is 0 Å². The average molecular weight is 313 g/mol. The molecular formula is C14H28LiNO4S. The number of hydrogen-bond acceptors (Lipinski definition) is 4. The molecule has 7 heteroatoms. The zero-order valence-electron chi connectivity index (χ0n) is 13.5. The van der Waals surface area contributed by atoms with Crippen LogP contribution in [0.25, 0.3) is 0 Å². The Hall–Kier alpha value is -0.0226. The minimum absolute atomic E-state index is 0. The van der Waals surface area contributed by atoms with Crippen molar-refractivity contribution in [2.75, 3.05) is 12.3 Å². The monoisotopic (exact) mass is 313 g/mol. The third-order valence-electron chi connectivity index (χ3n) is 3.18. The first-order chi connectivity index (χ1) is 9.45. The molecule has 0 bridgehead atoms. The number of hydrogen-bond donors (Lipinski definition) is 1. The molecule has 0 heterocycles. The molecule has 0 rings (SSSR count). The van der Waals surface area contributed by atoms with Gasteiger partial charge in [0.05, 0.1) is 15.9 Å². The van der Waals surface area contributed by atoms with Crippen molar-refractivity contribution in [3.05, 3.63) is 0 Å². The van der Waals surface area contributed by atoms with E-state index in [4.69, 9.17) is 0 Å². The molecule has 0 aromatic heterocycles. The van der Waals surface area contributed by atoms with Crippen molar-refractivity contribution in [3.8, 4) is 0 Å². The Labute approximate surface area is 141 Å². The van der Waals surface area contributed by atoms with Crippen molar-refractivity contribution >= 4 is 16.0 Å². The van der Waals surface area contributed by atoms with E-state index >= 15 is 0 Å². The van der Waals surface area contributed by atoms with Gasteiger partial charge in [0.15, 0.2) is 0 Å². The summed E-state index contributed by atoms with van der Waals surface area (Å²) in [6, 6.07) is 0. The number of carbonyl (C=O) groups is 1. The van der Waals surface area contributed by atoms with Gasteiger partial charge in [0.1, 0.15) is 0 Å². The minimum atomic E-state index is -4.23. The standard InChI is InChI=1S/C14H29NO4S.Li/c1-2-3-4-5-6-7-8-9-10-11-14(16)15-12-13-20(17,18)19;/h2-13H2,1H3,(H,15,16)(H,17,18,19);/q;+1/p-1. The van der Waals surface area contributed by atoms with Crippen molar-refractivity contribution in [2.45, 2.75) is 71.1 Å². The van der Waals surface area contributed by atoms with E-state index in [9.17, 15) is 17.8 Å². The Balaban J connectivity index is 0. The van der Waals surface area contributed by atoms with E-state index in [1.165, 1.54) is 38.5 Å². The fourth-order valence-electron chi connectivity index (χ4n) is 2.00. The summed E-state index contributed by atoms with van der Waals surface area (Å²) in [5, 5.41) is 2.45. The third kappa shape index (κ3) is 20.0. The van der Waals surface area contributed by atoms with Gasteiger partial charge in [-0.05, 0) is 6.42 Å². The fourth-order valence-corrected chi connectivity index (χ4v) is 2.35. The van der Waals surface area contributed by atoms with Crippen LogP contribution in [0.1, 0.15) is 71.1 Å². The van der Waals surface area contributed by atoms with E-state index in [1.54, 1.807) is 0 Å². The second-order valence-electron chi connectivity index (χ2n) is 5.19. The molecule has 0 atom stereocenters. The summed E-state index contributed by atoms with van der Waals surface area (Å²) in [7, 11) is -4.23. The largest absolute Gasteiger partial charge is 1.00 e. The van der Waals surface area contributed by atoms with Gasteiger partial charge in [-0.2, -0.15) is 0 Å². The molecule has 0 aliphatic rings. The van der Waals surface area contributed by atoms with Crippen LogP contribution < -0.4 is 24.2 Å². The number of rotatable bonds is 13. The molecule has 0 aliphatic carbocycles. The summed E-state index contributed by atoms with van der Waals surface area (Å²) in [6.45, 7) is 2.12. The molecule has 1 N–H and O–H groups in total. The van der Waals surface area contributed by atoms with Crippen LogP contribution in [0.4, 0.5) is 0 Å². The van der Waals surface area contributed by atoms with Crippen LogP contribution in [0.3, 0.4) is 0 Å². The van der Waals surface area contributed by atoms with E-state index in [0.717, 1.165) is 19.3 Å². The zero-order valence-corrected chi connectivity index (χ0v) is 14.3. The summed E-state index contributed by atoms with van der Waals surface area (Å²) in [5.41, 5.74) is 0. The average Bonchev–Trinajstić information content (AvgIpc) is 2.35. The zero-order chi connectivity index (χ0) is 15.3. The molecule has 0 aromatic carbocycles. The van der Waals surface area contributed by atoms with Crippen molar-refractivity contribution in [1.82, 2.24) is 5.32 Å². The summed E-state index contributed by atoms with van der Waals surface area (Å²) >= 11 is 0. The summed E-state index contributed by atoms with van der Waals surface area (Å²) in [4.78, 5) is 11.3. The van der Waals surface area contributed by atoms with Crippen LogP contribution in [-0.2, 0) is 14.9 Å². The molecule has 21 heavy (non-hydrogen) atoms. The third-order valence-corrected chi connectivity index (χ3v) is 3.89. The van der Waals surface area contributed by atoms with Gasteiger partial charge < -0.3 is 9.87 Å². The van der Waals surface area contributed by atoms with Crippen molar-refractivity contribution in [1.29, 1.82) is 0 Å². The predicted molar refractivity (Wildman–Crippen MR) is 79.4 cm³/mol. The summed E-state index contributed by atoms with van der Waals surface area (Å²) in [6.07, 6.45) is 11.1. The van der Waals surface area contributed by atoms with E-state index in [1.807, 2.05) is 0 Å². The Morgan fingerprint density at radius 1 is 0.952 bits per heavy atom. The van der Waals surface area contributed by atoms with Crippen molar-refractivity contribution in [3.63, 3.8) is 0 Å². The molecule has 120 valence electrons. The van der Waals surface area contributed by atoms with Gasteiger partial charge in [-0.3, -0.25) is 4.79 Å². The summed E-state index contributed by atoms with van der Waals surface area (Å²) < 4.78 is 31.0. The maximum absolute atomic E-state index is 11.3. The predicted octanol–water partition coefficient (Wildman–Crippen LogP) is -0.427. The van der Waals surface area contributed by atoms with Crippen LogP contribution in [0, 0.1) is 0 Å². The van der Waals surface area contributed by atoms with E-state index in [2.05, 4.69) is 12.2 Å². The molecule has 0 aliphatic heterocycles. The number of nitrogens with one attached hydrogen (secondary N) is 1. The second kappa shape index (κ2) is 14.9. The fraction of sp³-hybridized carbons (Fsp3) is 0.929. The molecule has 0 radical (unpaired) electrons. The Morgan fingerprint density at radius 2 is 1.43 bits per heavy atom. The van der Waals surface area contributed by atoms with Gasteiger partial charge in [-0.25, -0.2) is 8.42 Å². The first kappa shape index (κ1) is 23.2. The second-order valence-corrected chi connectivity index (χ2v) is 6.71. The van der Waals surface area contributed by atoms with Gasteiger partial charge in [-0.1, -0.05) is 58.3 Å². The Bertz CT molecular complexity index is 347. The molecule has 0 aromatic rings. The summed E-state index contributed by atoms with van der Waals surface area (Å²) in [5.74, 6) is -0.701. The maximum atomic E-state index is 11.3. The van der Waals surface area contributed by atoms with Gasteiger partial charge in [0.25, 0.3) is 0 Å². The molecule has 0 saturated carbocycles. The quantitative estimate of drug-likeness (QED) is 0.284. The van der Waals surface area contributed by atoms with Gasteiger partial charge in [0.2, 0.25) is 5.91 Å². The van der Waals surface area contributed by atoms with Crippen molar-refractivity contribution < 1.29 is 36.6 Å². The molecule has 0 spiro atoms. The number of amides is 1. The maximum Gasteiger partial charge on any atom is 1.00 e. The molecule has 1 amide bonds. The normalized spacial score (nSPS) is 11.0. The van der Waals surface area contributed by atoms with Gasteiger partial charge >= 0.3 is 18.9 Å². The first-order valence-corrected chi connectivity index (χ1v) is 9.23. The van der Waals surface area contributed by atoms with Crippen LogP contribution in [0.5, 0.6) is 0 Å². The molecule has 0 unspecified atom stereocenters. The SMILES string of the molecule is CCCCCCCCCCCC(=O)NCCS(=O)(=O)[O-].[Li+]. The number of carbonyl (C=O) groups excluding carboxylic acids is 1. The van der Waals surface area contributed by atoms with E-state index in [-0.39, 0.29) is 31.3 Å². The van der Waals surface area contributed by atoms with Crippen LogP contribution in [-0.4, -0.2) is 31.2 Å². The Kier molecular flexibility index (Phi) is 16.5. The topological polar surface area (TPSA) is 86.3 Å². The number of unbranched alkanes of at least 4 members (excludes halogenated alkanes) is 8. The van der Waals surface area contributed by atoms with Crippen molar-refractivity contribution in [2.24, 2.45) is 0 Å². The minimum Gasteiger partial charge on any atom is -0.748 e. The van der Waals surface area contributed by atoms with Crippen LogP contribution >= 0.6 is 0 Å². The van der Waals surface area contributed by atoms with Crippen LogP contribution in [0.15, 0.2) is 0 Å². The van der Waals surface area contributed by atoms with Gasteiger partial charge in [0, 0.05) is 13.0 Å². The molecule has 0 fully saturated rings. The smallest absolute Gasteiger partial charge is 0.748 e. The molecular weight excluding hydrogens is 285 g/mol. The van der Waals surface area contributed by atoms with E-state index in [0.29, 0.717) is 6.42 Å². The van der Waals surface area contributed by atoms with E-state index < -0.39 is 15.9 Å². The van der Waals surface area contributed by atoms with Gasteiger partial charge in [-0.15, -0.1) is 0 Å².